The molecule has 4 aromatic rings. The van der Waals surface area contributed by atoms with Gasteiger partial charge in [-0.3, -0.25) is 29.4 Å². The number of carbonyl (C=O) groups excluding carboxylic acids is 3. The van der Waals surface area contributed by atoms with Gasteiger partial charge in [-0.25, -0.2) is 4.79 Å². The van der Waals surface area contributed by atoms with Crippen molar-refractivity contribution in [2.75, 3.05) is 6.54 Å². The highest BCUT2D eigenvalue weighted by molar-refractivity contribution is 6.24. The molecule has 0 spiro atoms. The minimum absolute atomic E-state index is 0.0128. The number of carbonyl (C=O) groups is 3. The third-order valence-electron chi connectivity index (χ3n) is 6.29. The van der Waals surface area contributed by atoms with Crippen molar-refractivity contribution in [1.82, 2.24) is 4.90 Å². The van der Waals surface area contributed by atoms with E-state index in [9.17, 15) is 29.3 Å². The number of fused-ring (bicyclic) bond motifs is 2. The minimum Gasteiger partial charge on any atom is -0.452 e. The Hall–Kier alpha value is -5.12. The molecule has 2 amide bonds. The number of rotatable bonds is 5. The third kappa shape index (κ3) is 4.01. The molecule has 0 atom stereocenters. The minimum atomic E-state index is -1.09. The maximum Gasteiger partial charge on any atom is 0.331 e. The van der Waals surface area contributed by atoms with Crippen LogP contribution in [0, 0.1) is 30.9 Å². The summed E-state index contributed by atoms with van der Waals surface area (Å²) < 4.78 is 11.5. The first-order valence-corrected chi connectivity index (χ1v) is 11.6. The number of amides is 2. The van der Waals surface area contributed by atoms with Crippen LogP contribution in [0.4, 0.5) is 5.69 Å². The van der Waals surface area contributed by atoms with Gasteiger partial charge in [-0.2, -0.15) is 0 Å². The molecule has 1 aliphatic heterocycles. The zero-order valence-corrected chi connectivity index (χ0v) is 20.6. The monoisotopic (exact) mass is 512 g/mol. The van der Waals surface area contributed by atoms with E-state index in [2.05, 4.69) is 0 Å². The maximum absolute atomic E-state index is 13.6. The average Bonchev–Trinajstić information content (AvgIpc) is 3.10. The van der Waals surface area contributed by atoms with Gasteiger partial charge in [0.25, 0.3) is 17.5 Å². The zero-order valence-electron chi connectivity index (χ0n) is 20.6. The second kappa shape index (κ2) is 9.07. The van der Waals surface area contributed by atoms with E-state index in [0.717, 1.165) is 17.2 Å². The molecular weight excluding hydrogens is 492 g/mol. The molecule has 0 bridgehead atoms. The Morgan fingerprint density at radius 2 is 1.68 bits per heavy atom. The Bertz CT molecular complexity index is 1750. The smallest absolute Gasteiger partial charge is 0.331 e. The van der Waals surface area contributed by atoms with Crippen LogP contribution < -0.4 is 10.2 Å². The van der Waals surface area contributed by atoms with Crippen LogP contribution in [-0.4, -0.2) is 34.2 Å². The van der Waals surface area contributed by atoms with Gasteiger partial charge in [0.15, 0.2) is 5.76 Å². The topological polar surface area (TPSA) is 137 Å². The van der Waals surface area contributed by atoms with Crippen LogP contribution in [0.25, 0.3) is 22.3 Å². The molecule has 0 saturated carbocycles. The number of hydrogen-bond acceptors (Lipinski definition) is 8. The molecule has 0 saturated heterocycles. The summed E-state index contributed by atoms with van der Waals surface area (Å²) in [6.07, 6.45) is 0. The fourth-order valence-electron chi connectivity index (χ4n) is 4.55. The van der Waals surface area contributed by atoms with Crippen LogP contribution in [0.5, 0.6) is 5.75 Å². The highest BCUT2D eigenvalue weighted by atomic mass is 16.6. The Balaban J connectivity index is 1.55. The normalized spacial score (nSPS) is 12.7. The van der Waals surface area contributed by atoms with E-state index in [1.54, 1.807) is 43.3 Å². The molecule has 0 unspecified atom stereocenters. The number of nitro benzene ring substituents is 1. The van der Waals surface area contributed by atoms with Crippen molar-refractivity contribution in [2.24, 2.45) is 0 Å². The lowest BCUT2D eigenvalue weighted by Crippen LogP contribution is -2.37. The quantitative estimate of drug-likeness (QED) is 0.165. The highest BCUT2D eigenvalue weighted by Crippen LogP contribution is 2.34. The number of hydrogen-bond donors (Lipinski definition) is 0. The molecule has 190 valence electrons. The van der Waals surface area contributed by atoms with E-state index >= 15 is 0 Å². The van der Waals surface area contributed by atoms with Crippen molar-refractivity contribution in [2.45, 2.75) is 20.8 Å². The lowest BCUT2D eigenvalue weighted by molar-refractivity contribution is -0.385. The van der Waals surface area contributed by atoms with Crippen LogP contribution in [0.3, 0.4) is 0 Å². The van der Waals surface area contributed by atoms with Gasteiger partial charge in [0.1, 0.15) is 17.7 Å². The van der Waals surface area contributed by atoms with Gasteiger partial charge in [-0.15, -0.1) is 0 Å². The van der Waals surface area contributed by atoms with Crippen molar-refractivity contribution in [3.8, 4) is 17.1 Å². The predicted molar refractivity (Wildman–Crippen MR) is 136 cm³/mol. The number of esters is 1. The van der Waals surface area contributed by atoms with E-state index in [1.807, 2.05) is 13.8 Å². The van der Waals surface area contributed by atoms with Crippen molar-refractivity contribution < 1.29 is 28.5 Å². The summed E-state index contributed by atoms with van der Waals surface area (Å²) in [6.45, 7) is 4.62. The maximum atomic E-state index is 13.6. The molecule has 10 nitrogen and oxygen atoms in total. The molecule has 0 N–H and O–H groups in total. The van der Waals surface area contributed by atoms with Gasteiger partial charge in [0.2, 0.25) is 11.2 Å². The van der Waals surface area contributed by atoms with E-state index in [4.69, 9.17) is 9.15 Å². The molecular formula is C28H20N2O8. The molecule has 5 rings (SSSR count). The summed E-state index contributed by atoms with van der Waals surface area (Å²) in [6, 6.07) is 14.2. The standard InChI is InChI=1S/C28H20N2O8/c1-14-7-9-17(10-8-14)25-26(24(32)22-16(3)11-15(2)12-20(22)37-25)38-21(31)13-29-27(33)18-5-4-6-19(30(35)36)23(18)28(29)34/h4-12H,13H2,1-3H3. The number of ether oxygens (including phenoxy) is 1. The Morgan fingerprint density at radius 3 is 2.37 bits per heavy atom. The molecule has 1 aliphatic rings. The number of aryl methyl sites for hydroxylation is 3. The van der Waals surface area contributed by atoms with Gasteiger partial charge >= 0.3 is 5.97 Å². The predicted octanol–water partition coefficient (Wildman–Crippen LogP) is 4.50. The van der Waals surface area contributed by atoms with Crippen LogP contribution in [0.1, 0.15) is 37.4 Å². The summed E-state index contributed by atoms with van der Waals surface area (Å²) in [5.74, 6) is -3.34. The Kier molecular flexibility index (Phi) is 5.87. The summed E-state index contributed by atoms with van der Waals surface area (Å²) in [4.78, 5) is 63.4. The lowest BCUT2D eigenvalue weighted by atomic mass is 10.0. The molecule has 10 heteroatoms. The first-order valence-electron chi connectivity index (χ1n) is 11.6. The molecule has 0 aliphatic carbocycles. The number of benzene rings is 3. The number of nitrogens with zero attached hydrogens (tertiary/aromatic N) is 2. The molecule has 38 heavy (non-hydrogen) atoms. The van der Waals surface area contributed by atoms with E-state index < -0.39 is 45.9 Å². The first kappa shape index (κ1) is 24.6. The van der Waals surface area contributed by atoms with Crippen LogP contribution in [0.15, 0.2) is 63.8 Å². The molecule has 1 aromatic heterocycles. The summed E-state index contributed by atoms with van der Waals surface area (Å²) >= 11 is 0. The van der Waals surface area contributed by atoms with Crippen LogP contribution >= 0.6 is 0 Å². The van der Waals surface area contributed by atoms with Crippen molar-refractivity contribution >= 4 is 34.4 Å². The van der Waals surface area contributed by atoms with E-state index in [0.29, 0.717) is 21.6 Å². The molecule has 0 fully saturated rings. The van der Waals surface area contributed by atoms with Crippen molar-refractivity contribution in [3.05, 3.63) is 103 Å². The van der Waals surface area contributed by atoms with E-state index in [-0.39, 0.29) is 22.5 Å². The molecule has 3 aromatic carbocycles. The number of nitro groups is 1. The fraction of sp³-hybridized carbons (Fsp3) is 0.143. The van der Waals surface area contributed by atoms with Crippen LogP contribution in [0.2, 0.25) is 0 Å². The average molecular weight is 512 g/mol. The first-order chi connectivity index (χ1) is 18.1. The second-order valence-corrected chi connectivity index (χ2v) is 9.04. The van der Waals surface area contributed by atoms with Gasteiger partial charge in [-0.05, 0) is 44.0 Å². The fourth-order valence-corrected chi connectivity index (χ4v) is 4.55. The van der Waals surface area contributed by atoms with Gasteiger partial charge in [-0.1, -0.05) is 42.0 Å². The molecule has 2 heterocycles. The van der Waals surface area contributed by atoms with Crippen LogP contribution in [-0.2, 0) is 4.79 Å². The second-order valence-electron chi connectivity index (χ2n) is 9.04. The lowest BCUT2D eigenvalue weighted by Gasteiger charge is -2.15. The summed E-state index contributed by atoms with van der Waals surface area (Å²) in [5, 5.41) is 11.6. The summed E-state index contributed by atoms with van der Waals surface area (Å²) in [7, 11) is 0. The largest absolute Gasteiger partial charge is 0.452 e. The van der Waals surface area contributed by atoms with Crippen molar-refractivity contribution in [3.63, 3.8) is 0 Å². The third-order valence-corrected chi connectivity index (χ3v) is 6.29. The van der Waals surface area contributed by atoms with E-state index in [1.165, 1.54) is 12.1 Å². The van der Waals surface area contributed by atoms with Gasteiger partial charge in [0.05, 0.1) is 15.9 Å². The van der Waals surface area contributed by atoms with Gasteiger partial charge in [0, 0.05) is 11.6 Å². The zero-order chi connectivity index (χ0) is 27.3. The SMILES string of the molecule is Cc1ccc(-c2oc3cc(C)cc(C)c3c(=O)c2OC(=O)CN2C(=O)c3cccc([N+](=O)[O-])c3C2=O)cc1. The Morgan fingerprint density at radius 1 is 0.974 bits per heavy atom. The summed E-state index contributed by atoms with van der Waals surface area (Å²) in [5.41, 5.74) is 1.53. The number of imide groups is 1. The Labute approximate surface area is 215 Å². The molecule has 0 radical (unpaired) electrons. The van der Waals surface area contributed by atoms with Crippen molar-refractivity contribution in [1.29, 1.82) is 0 Å². The van der Waals surface area contributed by atoms with Gasteiger partial charge < -0.3 is 9.15 Å². The highest BCUT2D eigenvalue weighted by Gasteiger charge is 2.42.